The number of ether oxygens (including phenoxy) is 1. The van der Waals surface area contributed by atoms with E-state index >= 15 is 0 Å². The molecule has 0 saturated carbocycles. The molecule has 18 heavy (non-hydrogen) atoms. The first-order valence-corrected chi connectivity index (χ1v) is 6.78. The molecule has 1 aromatic carbocycles. The van der Waals surface area contributed by atoms with Crippen LogP contribution in [0.5, 0.6) is 5.19 Å². The molecule has 0 radical (unpaired) electrons. The van der Waals surface area contributed by atoms with Gasteiger partial charge in [-0.15, -0.1) is 0 Å². The Morgan fingerprint density at radius 3 is 2.67 bits per heavy atom. The standard InChI is InChI=1S/C13H12N2OS2/c1-9(2)16-13-15-12(7-18-13)10-3-5-11(6-4-10)14-8-17/h3-7,9H,1-2H3. The second kappa shape index (κ2) is 5.87. The molecule has 0 amide bonds. The molecule has 1 aromatic heterocycles. The normalized spacial score (nSPS) is 10.2. The van der Waals surface area contributed by atoms with E-state index in [-0.39, 0.29) is 6.10 Å². The van der Waals surface area contributed by atoms with Gasteiger partial charge in [-0.2, -0.15) is 4.99 Å². The van der Waals surface area contributed by atoms with Crippen LogP contribution in [0.2, 0.25) is 0 Å². The van der Waals surface area contributed by atoms with E-state index in [0.717, 1.165) is 16.9 Å². The lowest BCUT2D eigenvalue weighted by Gasteiger charge is -2.04. The van der Waals surface area contributed by atoms with E-state index in [1.807, 2.05) is 43.5 Å². The number of rotatable bonds is 4. The fourth-order valence-corrected chi connectivity index (χ4v) is 2.31. The molecule has 2 aromatic rings. The Balaban J connectivity index is 2.20. The van der Waals surface area contributed by atoms with E-state index in [4.69, 9.17) is 4.74 Å². The molecule has 0 N–H and O–H groups in total. The van der Waals surface area contributed by atoms with Crippen molar-refractivity contribution in [3.8, 4) is 16.5 Å². The van der Waals surface area contributed by atoms with Crippen LogP contribution >= 0.6 is 23.6 Å². The lowest BCUT2D eigenvalue weighted by Crippen LogP contribution is -2.04. The van der Waals surface area contributed by atoms with E-state index in [0.29, 0.717) is 5.19 Å². The molecule has 5 heteroatoms. The maximum Gasteiger partial charge on any atom is 0.273 e. The van der Waals surface area contributed by atoms with Gasteiger partial charge in [-0.05, 0) is 38.2 Å². The number of benzene rings is 1. The number of hydrogen-bond donors (Lipinski definition) is 0. The van der Waals surface area contributed by atoms with E-state index in [2.05, 4.69) is 27.4 Å². The number of hydrogen-bond acceptors (Lipinski definition) is 5. The lowest BCUT2D eigenvalue weighted by atomic mass is 10.1. The van der Waals surface area contributed by atoms with Crippen LogP contribution in [0.3, 0.4) is 0 Å². The van der Waals surface area contributed by atoms with Gasteiger partial charge in [0.15, 0.2) is 0 Å². The molecule has 0 atom stereocenters. The highest BCUT2D eigenvalue weighted by molar-refractivity contribution is 7.78. The van der Waals surface area contributed by atoms with Gasteiger partial charge in [-0.1, -0.05) is 23.5 Å². The first-order valence-electron chi connectivity index (χ1n) is 5.49. The first-order chi connectivity index (χ1) is 8.69. The molecular formula is C13H12N2OS2. The molecular weight excluding hydrogens is 264 g/mol. The average molecular weight is 276 g/mol. The zero-order chi connectivity index (χ0) is 13.0. The minimum atomic E-state index is 0.142. The van der Waals surface area contributed by atoms with Crippen molar-refractivity contribution < 1.29 is 4.74 Å². The summed E-state index contributed by atoms with van der Waals surface area (Å²) in [6.07, 6.45) is 0.142. The molecule has 92 valence electrons. The maximum absolute atomic E-state index is 5.54. The van der Waals surface area contributed by atoms with E-state index in [9.17, 15) is 0 Å². The summed E-state index contributed by atoms with van der Waals surface area (Å²) >= 11 is 6.06. The van der Waals surface area contributed by atoms with E-state index in [1.165, 1.54) is 11.3 Å². The van der Waals surface area contributed by atoms with Gasteiger partial charge in [0, 0.05) is 10.9 Å². The van der Waals surface area contributed by atoms with Crippen LogP contribution in [0.1, 0.15) is 13.8 Å². The van der Waals surface area contributed by atoms with Gasteiger partial charge in [0.1, 0.15) is 0 Å². The molecule has 2 rings (SSSR count). The van der Waals surface area contributed by atoms with Crippen molar-refractivity contribution in [2.45, 2.75) is 20.0 Å². The second-order valence-corrected chi connectivity index (χ2v) is 4.92. The van der Waals surface area contributed by atoms with Crippen molar-refractivity contribution in [2.24, 2.45) is 4.99 Å². The van der Waals surface area contributed by atoms with Gasteiger partial charge >= 0.3 is 0 Å². The quantitative estimate of drug-likeness (QED) is 0.615. The van der Waals surface area contributed by atoms with Crippen LogP contribution in [-0.2, 0) is 0 Å². The summed E-state index contributed by atoms with van der Waals surface area (Å²) in [5.74, 6) is 0. The fraction of sp³-hybridized carbons (Fsp3) is 0.231. The third-order valence-electron chi connectivity index (χ3n) is 2.16. The second-order valence-electron chi connectivity index (χ2n) is 3.92. The van der Waals surface area contributed by atoms with Gasteiger partial charge in [0.05, 0.1) is 22.6 Å². The number of isothiocyanates is 1. The fourth-order valence-electron chi connectivity index (χ4n) is 1.41. The van der Waals surface area contributed by atoms with Gasteiger partial charge in [0.2, 0.25) is 0 Å². The molecule has 0 aliphatic heterocycles. The Morgan fingerprint density at radius 1 is 1.33 bits per heavy atom. The summed E-state index contributed by atoms with van der Waals surface area (Å²) < 4.78 is 5.54. The Morgan fingerprint density at radius 2 is 2.06 bits per heavy atom. The Bertz CT molecular complexity index is 569. The average Bonchev–Trinajstić information content (AvgIpc) is 2.78. The highest BCUT2D eigenvalue weighted by Gasteiger charge is 2.06. The third-order valence-corrected chi connectivity index (χ3v) is 2.98. The topological polar surface area (TPSA) is 34.5 Å². The highest BCUT2D eigenvalue weighted by atomic mass is 32.1. The monoisotopic (exact) mass is 276 g/mol. The largest absolute Gasteiger partial charge is 0.467 e. The van der Waals surface area contributed by atoms with E-state index < -0.39 is 0 Å². The highest BCUT2D eigenvalue weighted by Crippen LogP contribution is 2.28. The van der Waals surface area contributed by atoms with Crippen molar-refractivity contribution in [1.82, 2.24) is 4.98 Å². The van der Waals surface area contributed by atoms with Gasteiger partial charge < -0.3 is 4.74 Å². The predicted octanol–water partition coefficient (Wildman–Crippen LogP) is 4.33. The summed E-state index contributed by atoms with van der Waals surface area (Å²) in [5, 5.41) is 5.02. The molecule has 0 bridgehead atoms. The molecule has 0 spiro atoms. The maximum atomic E-state index is 5.54. The predicted molar refractivity (Wildman–Crippen MR) is 78.0 cm³/mol. The van der Waals surface area contributed by atoms with Gasteiger partial charge in [0.25, 0.3) is 5.19 Å². The van der Waals surface area contributed by atoms with Crippen LogP contribution in [-0.4, -0.2) is 16.2 Å². The third kappa shape index (κ3) is 3.23. The summed E-state index contributed by atoms with van der Waals surface area (Å²) in [6.45, 7) is 3.97. The Hall–Kier alpha value is -1.55. The van der Waals surface area contributed by atoms with Crippen LogP contribution < -0.4 is 4.74 Å². The summed E-state index contributed by atoms with van der Waals surface area (Å²) in [4.78, 5) is 8.33. The van der Waals surface area contributed by atoms with Crippen molar-refractivity contribution in [1.29, 1.82) is 0 Å². The number of thiazole rings is 1. The minimum Gasteiger partial charge on any atom is -0.467 e. The number of aliphatic imine (C=N–C) groups is 1. The molecule has 0 aliphatic carbocycles. The number of nitrogens with zero attached hydrogens (tertiary/aromatic N) is 2. The molecule has 3 nitrogen and oxygen atoms in total. The Labute approximate surface area is 115 Å². The molecule has 0 unspecified atom stereocenters. The van der Waals surface area contributed by atoms with Crippen LogP contribution in [0.4, 0.5) is 5.69 Å². The molecule has 0 saturated heterocycles. The SMILES string of the molecule is CC(C)Oc1nc(-c2ccc(N=C=S)cc2)cs1. The van der Waals surface area contributed by atoms with Crippen molar-refractivity contribution in [2.75, 3.05) is 0 Å². The van der Waals surface area contributed by atoms with Gasteiger partial charge in [-0.25, -0.2) is 4.98 Å². The summed E-state index contributed by atoms with van der Waals surface area (Å²) in [7, 11) is 0. The van der Waals surface area contributed by atoms with Crippen LogP contribution in [0, 0.1) is 0 Å². The van der Waals surface area contributed by atoms with E-state index in [1.54, 1.807) is 0 Å². The molecule has 1 heterocycles. The van der Waals surface area contributed by atoms with Crippen LogP contribution in [0.25, 0.3) is 11.3 Å². The lowest BCUT2D eigenvalue weighted by molar-refractivity contribution is 0.241. The zero-order valence-corrected chi connectivity index (χ0v) is 11.7. The summed E-state index contributed by atoms with van der Waals surface area (Å²) in [6, 6.07) is 7.69. The van der Waals surface area contributed by atoms with Crippen molar-refractivity contribution >= 4 is 34.4 Å². The van der Waals surface area contributed by atoms with Crippen LogP contribution in [0.15, 0.2) is 34.6 Å². The zero-order valence-electron chi connectivity index (χ0n) is 10.1. The van der Waals surface area contributed by atoms with Crippen molar-refractivity contribution in [3.05, 3.63) is 29.6 Å². The van der Waals surface area contributed by atoms with Crippen molar-refractivity contribution in [3.63, 3.8) is 0 Å². The smallest absolute Gasteiger partial charge is 0.273 e. The molecule has 0 fully saturated rings. The van der Waals surface area contributed by atoms with Gasteiger partial charge in [-0.3, -0.25) is 0 Å². The summed E-state index contributed by atoms with van der Waals surface area (Å²) in [5.41, 5.74) is 2.74. The Kier molecular flexibility index (Phi) is 4.20. The number of aromatic nitrogens is 1. The molecule has 0 aliphatic rings. The first kappa shape index (κ1) is 12.9. The number of thiocarbonyl (C=S) groups is 1. The minimum absolute atomic E-state index is 0.142.